The number of anilines is 1. The monoisotopic (exact) mass is 426 g/mol. The molecule has 8 nitrogen and oxygen atoms in total. The average molecular weight is 426 g/mol. The standard InChI is InChI=1S/C21H22N4O4S/c1-2-20(26)23-18-8-5-7-16(14-18)21(27)24-10-12-25(13-11-24)30(28,29)19-9-4-3-6-17(19)15-22/h3-9,14H,2,10-13H2,1H3,(H,23,26). The Bertz CT molecular complexity index is 1100. The quantitative estimate of drug-likeness (QED) is 0.787. The molecule has 0 aromatic heterocycles. The zero-order valence-corrected chi connectivity index (χ0v) is 17.4. The van der Waals surface area contributed by atoms with Crippen LogP contribution >= 0.6 is 0 Å². The zero-order valence-electron chi connectivity index (χ0n) is 16.5. The Morgan fingerprint density at radius 1 is 1.07 bits per heavy atom. The summed E-state index contributed by atoms with van der Waals surface area (Å²) in [5.74, 6) is -0.367. The van der Waals surface area contributed by atoms with Crippen LogP contribution in [-0.4, -0.2) is 55.6 Å². The smallest absolute Gasteiger partial charge is 0.254 e. The summed E-state index contributed by atoms with van der Waals surface area (Å²) in [5, 5.41) is 11.9. The van der Waals surface area contributed by atoms with E-state index in [1.165, 1.54) is 16.4 Å². The van der Waals surface area contributed by atoms with Gasteiger partial charge in [-0.15, -0.1) is 0 Å². The van der Waals surface area contributed by atoms with E-state index >= 15 is 0 Å². The lowest BCUT2D eigenvalue weighted by atomic mass is 10.1. The van der Waals surface area contributed by atoms with Gasteiger partial charge in [0.15, 0.2) is 0 Å². The minimum absolute atomic E-state index is 0.0216. The highest BCUT2D eigenvalue weighted by molar-refractivity contribution is 7.89. The van der Waals surface area contributed by atoms with Gasteiger partial charge in [0, 0.05) is 43.9 Å². The van der Waals surface area contributed by atoms with Crippen LogP contribution in [0.25, 0.3) is 0 Å². The fraction of sp³-hybridized carbons (Fsp3) is 0.286. The SMILES string of the molecule is CCC(=O)Nc1cccc(C(=O)N2CCN(S(=O)(=O)c3ccccc3C#N)CC2)c1. The minimum atomic E-state index is -3.82. The van der Waals surface area contributed by atoms with E-state index in [1.807, 2.05) is 6.07 Å². The fourth-order valence-electron chi connectivity index (χ4n) is 3.22. The molecule has 0 spiro atoms. The Hall–Kier alpha value is -3.22. The second-order valence-corrected chi connectivity index (χ2v) is 8.69. The number of sulfonamides is 1. The normalized spacial score (nSPS) is 14.7. The first-order chi connectivity index (χ1) is 14.4. The summed E-state index contributed by atoms with van der Waals surface area (Å²) < 4.78 is 27.1. The number of benzene rings is 2. The predicted molar refractivity (Wildman–Crippen MR) is 111 cm³/mol. The van der Waals surface area contributed by atoms with Crippen molar-refractivity contribution in [3.63, 3.8) is 0 Å². The number of hydrogen-bond donors (Lipinski definition) is 1. The van der Waals surface area contributed by atoms with Crippen LogP contribution in [0.3, 0.4) is 0 Å². The molecule has 2 aromatic carbocycles. The molecule has 0 radical (unpaired) electrons. The van der Waals surface area contributed by atoms with Crippen LogP contribution in [0.2, 0.25) is 0 Å². The van der Waals surface area contributed by atoms with Gasteiger partial charge in [-0.1, -0.05) is 25.1 Å². The average Bonchev–Trinajstić information content (AvgIpc) is 2.78. The van der Waals surface area contributed by atoms with Crippen LogP contribution in [-0.2, 0) is 14.8 Å². The van der Waals surface area contributed by atoms with E-state index in [0.717, 1.165) is 0 Å². The summed E-state index contributed by atoms with van der Waals surface area (Å²) in [5.41, 5.74) is 1.07. The van der Waals surface area contributed by atoms with Crippen molar-refractivity contribution >= 4 is 27.5 Å². The zero-order chi connectivity index (χ0) is 21.7. The number of piperazine rings is 1. The second kappa shape index (κ2) is 9.07. The summed E-state index contributed by atoms with van der Waals surface area (Å²) in [6.45, 7) is 2.49. The lowest BCUT2D eigenvalue weighted by Gasteiger charge is -2.34. The van der Waals surface area contributed by atoms with Crippen molar-refractivity contribution in [3.8, 4) is 6.07 Å². The molecule has 0 unspecified atom stereocenters. The van der Waals surface area contributed by atoms with Crippen molar-refractivity contribution in [1.29, 1.82) is 5.26 Å². The Kier molecular flexibility index (Phi) is 6.50. The number of carbonyl (C=O) groups is 2. The molecule has 0 bridgehead atoms. The molecule has 0 saturated carbocycles. The molecule has 1 heterocycles. The summed E-state index contributed by atoms with van der Waals surface area (Å²) in [6, 6.07) is 14.7. The Morgan fingerprint density at radius 2 is 1.77 bits per heavy atom. The molecule has 2 amide bonds. The van der Waals surface area contributed by atoms with Crippen LogP contribution in [0.5, 0.6) is 0 Å². The van der Waals surface area contributed by atoms with Crippen LogP contribution in [0.1, 0.15) is 29.3 Å². The first-order valence-electron chi connectivity index (χ1n) is 9.55. The van der Waals surface area contributed by atoms with Crippen molar-refractivity contribution in [2.45, 2.75) is 18.2 Å². The molecule has 1 saturated heterocycles. The van der Waals surface area contributed by atoms with E-state index in [0.29, 0.717) is 17.7 Å². The van der Waals surface area contributed by atoms with Crippen LogP contribution in [0.4, 0.5) is 5.69 Å². The second-order valence-electron chi connectivity index (χ2n) is 6.79. The number of rotatable bonds is 5. The molecular weight excluding hydrogens is 404 g/mol. The number of nitrogens with one attached hydrogen (secondary N) is 1. The van der Waals surface area contributed by atoms with Crippen molar-refractivity contribution in [3.05, 3.63) is 59.7 Å². The summed E-state index contributed by atoms with van der Waals surface area (Å²) >= 11 is 0. The molecule has 1 N–H and O–H groups in total. The molecule has 1 aliphatic heterocycles. The van der Waals surface area contributed by atoms with Gasteiger partial charge in [-0.2, -0.15) is 9.57 Å². The number of nitrogens with zero attached hydrogens (tertiary/aromatic N) is 3. The van der Waals surface area contributed by atoms with Crippen LogP contribution in [0, 0.1) is 11.3 Å². The summed E-state index contributed by atoms with van der Waals surface area (Å²) in [6.07, 6.45) is 0.337. The van der Waals surface area contributed by atoms with Crippen molar-refractivity contribution < 1.29 is 18.0 Å². The molecule has 2 aromatic rings. The lowest BCUT2D eigenvalue weighted by Crippen LogP contribution is -2.50. The number of amides is 2. The van der Waals surface area contributed by atoms with Gasteiger partial charge in [0.05, 0.1) is 10.5 Å². The molecule has 3 rings (SSSR count). The van der Waals surface area contributed by atoms with Gasteiger partial charge in [0.25, 0.3) is 5.91 Å². The van der Waals surface area contributed by atoms with Gasteiger partial charge in [-0.25, -0.2) is 8.42 Å². The van der Waals surface area contributed by atoms with Gasteiger partial charge in [0.1, 0.15) is 6.07 Å². The maximum absolute atomic E-state index is 12.9. The predicted octanol–water partition coefficient (Wildman–Crippen LogP) is 2.05. The third-order valence-electron chi connectivity index (χ3n) is 4.87. The van der Waals surface area contributed by atoms with E-state index in [4.69, 9.17) is 0 Å². The minimum Gasteiger partial charge on any atom is -0.336 e. The molecule has 156 valence electrons. The topological polar surface area (TPSA) is 111 Å². The lowest BCUT2D eigenvalue weighted by molar-refractivity contribution is -0.115. The molecular formula is C21H22N4O4S. The first kappa shape index (κ1) is 21.5. The highest BCUT2D eigenvalue weighted by Gasteiger charge is 2.31. The maximum atomic E-state index is 12.9. The third-order valence-corrected chi connectivity index (χ3v) is 6.82. The Labute approximate surface area is 175 Å². The molecule has 1 fully saturated rings. The fourth-order valence-corrected chi connectivity index (χ4v) is 4.78. The molecule has 1 aliphatic rings. The molecule has 30 heavy (non-hydrogen) atoms. The highest BCUT2D eigenvalue weighted by atomic mass is 32.2. The van der Waals surface area contributed by atoms with E-state index in [9.17, 15) is 23.3 Å². The molecule has 9 heteroatoms. The van der Waals surface area contributed by atoms with E-state index < -0.39 is 10.0 Å². The van der Waals surface area contributed by atoms with Crippen molar-refractivity contribution in [2.75, 3.05) is 31.5 Å². The van der Waals surface area contributed by atoms with Gasteiger partial charge in [0.2, 0.25) is 15.9 Å². The molecule has 0 atom stereocenters. The van der Waals surface area contributed by atoms with Crippen molar-refractivity contribution in [1.82, 2.24) is 9.21 Å². The van der Waals surface area contributed by atoms with Crippen molar-refractivity contribution in [2.24, 2.45) is 0 Å². The number of carbonyl (C=O) groups excluding carboxylic acids is 2. The van der Waals surface area contributed by atoms with E-state index in [-0.39, 0.29) is 48.5 Å². The van der Waals surface area contributed by atoms with E-state index in [1.54, 1.807) is 48.2 Å². The number of hydrogen-bond acceptors (Lipinski definition) is 5. The summed E-state index contributed by atoms with van der Waals surface area (Å²) in [4.78, 5) is 26.0. The van der Waals surface area contributed by atoms with E-state index in [2.05, 4.69) is 5.32 Å². The van der Waals surface area contributed by atoms with Gasteiger partial charge < -0.3 is 10.2 Å². The highest BCUT2D eigenvalue weighted by Crippen LogP contribution is 2.22. The largest absolute Gasteiger partial charge is 0.336 e. The summed E-state index contributed by atoms with van der Waals surface area (Å²) in [7, 11) is -3.82. The van der Waals surface area contributed by atoms with Crippen LogP contribution < -0.4 is 5.32 Å². The third kappa shape index (κ3) is 4.50. The van der Waals surface area contributed by atoms with Gasteiger partial charge in [-0.3, -0.25) is 9.59 Å². The Balaban J connectivity index is 1.70. The molecule has 0 aliphatic carbocycles. The van der Waals surface area contributed by atoms with Gasteiger partial charge >= 0.3 is 0 Å². The first-order valence-corrected chi connectivity index (χ1v) is 11.0. The number of nitriles is 1. The van der Waals surface area contributed by atoms with Crippen LogP contribution in [0.15, 0.2) is 53.4 Å². The maximum Gasteiger partial charge on any atom is 0.254 e. The van der Waals surface area contributed by atoms with Gasteiger partial charge in [-0.05, 0) is 30.3 Å². The Morgan fingerprint density at radius 3 is 2.43 bits per heavy atom.